The highest BCUT2D eigenvalue weighted by Gasteiger charge is 2.29. The van der Waals surface area contributed by atoms with Gasteiger partial charge in [0.15, 0.2) is 0 Å². The summed E-state index contributed by atoms with van der Waals surface area (Å²) in [5.74, 6) is 0.106. The number of carbonyl (C=O) groups is 2. The SMILES string of the molecule is Cc1ccc(CCN2C(=O)CC[C@@H]2C=O)cc1. The Kier molecular flexibility index (Phi) is 3.57. The molecule has 1 aromatic rings. The highest BCUT2D eigenvalue weighted by Crippen LogP contribution is 2.17. The summed E-state index contributed by atoms with van der Waals surface area (Å²) in [6.45, 7) is 2.70. The molecule has 0 aliphatic carbocycles. The van der Waals surface area contributed by atoms with Crippen LogP contribution >= 0.6 is 0 Å². The highest BCUT2D eigenvalue weighted by molar-refractivity contribution is 5.83. The third-order valence-corrected chi connectivity index (χ3v) is 3.29. The predicted octanol–water partition coefficient (Wildman–Crippen LogP) is 1.73. The monoisotopic (exact) mass is 231 g/mol. The van der Waals surface area contributed by atoms with Crippen LogP contribution in [0.4, 0.5) is 0 Å². The maximum atomic E-state index is 11.6. The molecular weight excluding hydrogens is 214 g/mol. The molecule has 0 saturated carbocycles. The van der Waals surface area contributed by atoms with Crippen LogP contribution in [0.3, 0.4) is 0 Å². The van der Waals surface area contributed by atoms with E-state index in [2.05, 4.69) is 31.2 Å². The van der Waals surface area contributed by atoms with Gasteiger partial charge in [0, 0.05) is 13.0 Å². The largest absolute Gasteiger partial charge is 0.333 e. The first kappa shape index (κ1) is 11.8. The number of likely N-dealkylation sites (tertiary alicyclic amines) is 1. The van der Waals surface area contributed by atoms with Crippen LogP contribution in [-0.2, 0) is 16.0 Å². The molecule has 90 valence electrons. The second-order valence-electron chi connectivity index (χ2n) is 4.56. The Hall–Kier alpha value is -1.64. The molecule has 1 aliphatic rings. The molecule has 0 spiro atoms. The molecule has 2 rings (SSSR count). The summed E-state index contributed by atoms with van der Waals surface area (Å²) < 4.78 is 0. The molecule has 0 radical (unpaired) electrons. The lowest BCUT2D eigenvalue weighted by molar-refractivity contribution is -0.131. The van der Waals surface area contributed by atoms with Crippen LogP contribution in [0, 0.1) is 6.92 Å². The van der Waals surface area contributed by atoms with Crippen molar-refractivity contribution in [2.45, 2.75) is 32.2 Å². The molecule has 1 saturated heterocycles. The second-order valence-corrected chi connectivity index (χ2v) is 4.56. The standard InChI is InChI=1S/C14H17NO2/c1-11-2-4-12(5-3-11)8-9-15-13(10-16)6-7-14(15)17/h2-5,10,13H,6-9H2,1H3/t13-/m1/s1. The molecule has 3 nitrogen and oxygen atoms in total. The van der Waals surface area contributed by atoms with Gasteiger partial charge in [0.1, 0.15) is 6.29 Å². The summed E-state index contributed by atoms with van der Waals surface area (Å²) >= 11 is 0. The minimum absolute atomic E-state index is 0.106. The van der Waals surface area contributed by atoms with E-state index < -0.39 is 0 Å². The first-order valence-corrected chi connectivity index (χ1v) is 6.01. The molecule has 1 aliphatic heterocycles. The van der Waals surface area contributed by atoms with Crippen LogP contribution in [0.2, 0.25) is 0 Å². The molecule has 0 bridgehead atoms. The van der Waals surface area contributed by atoms with Crippen molar-refractivity contribution in [3.05, 3.63) is 35.4 Å². The van der Waals surface area contributed by atoms with Crippen LogP contribution in [0.1, 0.15) is 24.0 Å². The lowest BCUT2D eigenvalue weighted by atomic mass is 10.1. The van der Waals surface area contributed by atoms with Gasteiger partial charge in [-0.05, 0) is 25.3 Å². The van der Waals surface area contributed by atoms with Gasteiger partial charge >= 0.3 is 0 Å². The van der Waals surface area contributed by atoms with E-state index in [1.807, 2.05) is 0 Å². The Morgan fingerprint density at radius 3 is 2.71 bits per heavy atom. The molecule has 3 heteroatoms. The highest BCUT2D eigenvalue weighted by atomic mass is 16.2. The van der Waals surface area contributed by atoms with E-state index in [1.165, 1.54) is 11.1 Å². The molecule has 1 amide bonds. The van der Waals surface area contributed by atoms with Crippen molar-refractivity contribution in [2.24, 2.45) is 0 Å². The van der Waals surface area contributed by atoms with Crippen LogP contribution in [0.25, 0.3) is 0 Å². The van der Waals surface area contributed by atoms with E-state index in [0.717, 1.165) is 12.7 Å². The van der Waals surface area contributed by atoms with Crippen molar-refractivity contribution < 1.29 is 9.59 Å². The zero-order chi connectivity index (χ0) is 12.3. The van der Waals surface area contributed by atoms with Crippen molar-refractivity contribution in [3.63, 3.8) is 0 Å². The topological polar surface area (TPSA) is 37.4 Å². The van der Waals surface area contributed by atoms with Crippen LogP contribution in [-0.4, -0.2) is 29.7 Å². The summed E-state index contributed by atoms with van der Waals surface area (Å²) in [6.07, 6.45) is 2.89. The average molecular weight is 231 g/mol. The van der Waals surface area contributed by atoms with Crippen LogP contribution < -0.4 is 0 Å². The van der Waals surface area contributed by atoms with Crippen molar-refractivity contribution in [2.75, 3.05) is 6.54 Å². The molecule has 0 N–H and O–H groups in total. The Morgan fingerprint density at radius 2 is 2.06 bits per heavy atom. The summed E-state index contributed by atoms with van der Waals surface area (Å²) in [4.78, 5) is 24.1. The van der Waals surface area contributed by atoms with Crippen molar-refractivity contribution in [1.29, 1.82) is 0 Å². The molecule has 1 aromatic carbocycles. The predicted molar refractivity (Wildman–Crippen MR) is 65.7 cm³/mol. The van der Waals surface area contributed by atoms with E-state index in [4.69, 9.17) is 0 Å². The maximum Gasteiger partial charge on any atom is 0.223 e. The van der Waals surface area contributed by atoms with E-state index in [1.54, 1.807) is 4.90 Å². The average Bonchev–Trinajstić information content (AvgIpc) is 2.69. The molecule has 0 aromatic heterocycles. The van der Waals surface area contributed by atoms with Crippen molar-refractivity contribution >= 4 is 12.2 Å². The summed E-state index contributed by atoms with van der Waals surface area (Å²) in [5, 5.41) is 0. The molecule has 17 heavy (non-hydrogen) atoms. The number of amides is 1. The molecule has 1 heterocycles. The van der Waals surface area contributed by atoms with E-state index in [-0.39, 0.29) is 11.9 Å². The molecule has 1 atom stereocenters. The van der Waals surface area contributed by atoms with Gasteiger partial charge in [0.05, 0.1) is 6.04 Å². The number of hydrogen-bond donors (Lipinski definition) is 0. The fraction of sp³-hybridized carbons (Fsp3) is 0.429. The number of carbonyl (C=O) groups excluding carboxylic acids is 2. The third kappa shape index (κ3) is 2.73. The van der Waals surface area contributed by atoms with Gasteiger partial charge in [0.2, 0.25) is 5.91 Å². The Morgan fingerprint density at radius 1 is 1.35 bits per heavy atom. The second kappa shape index (κ2) is 5.13. The smallest absolute Gasteiger partial charge is 0.223 e. The fourth-order valence-corrected chi connectivity index (χ4v) is 2.19. The number of rotatable bonds is 4. The van der Waals surface area contributed by atoms with E-state index >= 15 is 0 Å². The lowest BCUT2D eigenvalue weighted by Gasteiger charge is -2.20. The van der Waals surface area contributed by atoms with E-state index in [0.29, 0.717) is 19.4 Å². The number of nitrogens with zero attached hydrogens (tertiary/aromatic N) is 1. The zero-order valence-corrected chi connectivity index (χ0v) is 10.1. The van der Waals surface area contributed by atoms with Crippen molar-refractivity contribution in [3.8, 4) is 0 Å². The van der Waals surface area contributed by atoms with E-state index in [9.17, 15) is 9.59 Å². The van der Waals surface area contributed by atoms with Gasteiger partial charge in [-0.15, -0.1) is 0 Å². The first-order chi connectivity index (χ1) is 8.20. The Balaban J connectivity index is 1.95. The van der Waals surface area contributed by atoms with Crippen molar-refractivity contribution in [1.82, 2.24) is 4.90 Å². The van der Waals surface area contributed by atoms with Gasteiger partial charge in [-0.25, -0.2) is 0 Å². The zero-order valence-electron chi connectivity index (χ0n) is 10.1. The Labute approximate surface area is 101 Å². The molecule has 1 fully saturated rings. The van der Waals surface area contributed by atoms with Gasteiger partial charge < -0.3 is 9.69 Å². The number of benzene rings is 1. The van der Waals surface area contributed by atoms with Gasteiger partial charge in [-0.2, -0.15) is 0 Å². The number of aryl methyl sites for hydroxylation is 1. The quantitative estimate of drug-likeness (QED) is 0.740. The molecule has 0 unspecified atom stereocenters. The minimum Gasteiger partial charge on any atom is -0.333 e. The summed E-state index contributed by atoms with van der Waals surface area (Å²) in [5.41, 5.74) is 2.44. The summed E-state index contributed by atoms with van der Waals surface area (Å²) in [7, 11) is 0. The van der Waals surface area contributed by atoms with Gasteiger partial charge in [0.25, 0.3) is 0 Å². The summed E-state index contributed by atoms with van der Waals surface area (Å²) in [6, 6.07) is 8.09. The third-order valence-electron chi connectivity index (χ3n) is 3.29. The van der Waals surface area contributed by atoms with Gasteiger partial charge in [-0.3, -0.25) is 4.79 Å². The number of hydrogen-bond acceptors (Lipinski definition) is 2. The molecular formula is C14H17NO2. The fourth-order valence-electron chi connectivity index (χ4n) is 2.19. The maximum absolute atomic E-state index is 11.6. The van der Waals surface area contributed by atoms with Crippen LogP contribution in [0.15, 0.2) is 24.3 Å². The Bertz CT molecular complexity index is 411. The number of aldehydes is 1. The normalized spacial score (nSPS) is 19.7. The van der Waals surface area contributed by atoms with Gasteiger partial charge in [-0.1, -0.05) is 29.8 Å². The minimum atomic E-state index is -0.201. The first-order valence-electron chi connectivity index (χ1n) is 6.01. The van der Waals surface area contributed by atoms with Crippen LogP contribution in [0.5, 0.6) is 0 Å². The lowest BCUT2D eigenvalue weighted by Crippen LogP contribution is -2.35.